The highest BCUT2D eigenvalue weighted by Crippen LogP contribution is 2.32. The van der Waals surface area contributed by atoms with E-state index in [1.165, 1.54) is 0 Å². The average molecular weight is 394 g/mol. The van der Waals surface area contributed by atoms with Crippen LogP contribution in [0.25, 0.3) is 0 Å². The number of halogens is 2. The summed E-state index contributed by atoms with van der Waals surface area (Å²) in [7, 11) is 0. The Morgan fingerprint density at radius 3 is 2.47 bits per heavy atom. The number of ether oxygens (including phenoxy) is 1. The van der Waals surface area contributed by atoms with E-state index in [2.05, 4.69) is 42.5 Å². The van der Waals surface area contributed by atoms with Crippen LogP contribution < -0.4 is 15.4 Å². The third kappa shape index (κ3) is 5.61. The van der Waals surface area contributed by atoms with Gasteiger partial charge >= 0.3 is 6.03 Å². The van der Waals surface area contributed by atoms with Crippen molar-refractivity contribution in [3.8, 4) is 5.75 Å². The van der Waals surface area contributed by atoms with Crippen molar-refractivity contribution >= 4 is 43.8 Å². The molecular formula is C12H14Br2N2O3. The van der Waals surface area contributed by atoms with Crippen LogP contribution in [0.1, 0.15) is 13.3 Å². The van der Waals surface area contributed by atoms with E-state index in [4.69, 9.17) is 4.74 Å². The molecule has 1 aromatic rings. The molecule has 0 spiro atoms. The summed E-state index contributed by atoms with van der Waals surface area (Å²) in [5.41, 5.74) is 0. The van der Waals surface area contributed by atoms with Gasteiger partial charge in [-0.05, 0) is 50.4 Å². The molecule has 0 saturated carbocycles. The minimum absolute atomic E-state index is 0.235. The number of nitrogens with one attached hydrogen (secondary N) is 2. The van der Waals surface area contributed by atoms with Crippen LogP contribution in [0.3, 0.4) is 0 Å². The summed E-state index contributed by atoms with van der Waals surface area (Å²) in [6.07, 6.45) is 0.808. The normalized spacial score (nSPS) is 9.84. The van der Waals surface area contributed by atoms with Gasteiger partial charge in [-0.15, -0.1) is 0 Å². The summed E-state index contributed by atoms with van der Waals surface area (Å²) in [6, 6.07) is 4.92. The van der Waals surface area contributed by atoms with Gasteiger partial charge in [-0.25, -0.2) is 4.79 Å². The molecule has 0 radical (unpaired) electrons. The number of hydrogen-bond acceptors (Lipinski definition) is 3. The number of para-hydroxylation sites is 1. The van der Waals surface area contributed by atoms with E-state index in [9.17, 15) is 9.59 Å². The molecule has 0 unspecified atom stereocenters. The standard InChI is InChI=1S/C12H14Br2N2O3/c1-2-6-15-12(18)16-10(17)7-19-11-8(13)4-3-5-9(11)14/h3-5H,2,6-7H2,1H3,(H2,15,16,17,18). The lowest BCUT2D eigenvalue weighted by Crippen LogP contribution is -2.41. The SMILES string of the molecule is CCCNC(=O)NC(=O)COc1c(Br)cccc1Br. The van der Waals surface area contributed by atoms with Gasteiger partial charge in [0.05, 0.1) is 8.95 Å². The van der Waals surface area contributed by atoms with Gasteiger partial charge in [-0.1, -0.05) is 13.0 Å². The number of carbonyl (C=O) groups excluding carboxylic acids is 2. The lowest BCUT2D eigenvalue weighted by molar-refractivity contribution is -0.122. The van der Waals surface area contributed by atoms with Crippen LogP contribution in [0.2, 0.25) is 0 Å². The second kappa shape index (κ2) is 8.16. The van der Waals surface area contributed by atoms with Crippen LogP contribution in [0.4, 0.5) is 4.79 Å². The first-order chi connectivity index (χ1) is 9.04. The van der Waals surface area contributed by atoms with Gasteiger partial charge in [0.25, 0.3) is 5.91 Å². The van der Waals surface area contributed by atoms with E-state index >= 15 is 0 Å². The van der Waals surface area contributed by atoms with Crippen molar-refractivity contribution in [1.29, 1.82) is 0 Å². The molecule has 0 heterocycles. The van der Waals surface area contributed by atoms with E-state index < -0.39 is 11.9 Å². The molecule has 0 aliphatic heterocycles. The minimum atomic E-state index is -0.512. The summed E-state index contributed by atoms with van der Waals surface area (Å²) in [5, 5.41) is 4.72. The van der Waals surface area contributed by atoms with Gasteiger partial charge in [-0.3, -0.25) is 10.1 Å². The first kappa shape index (κ1) is 16.0. The topological polar surface area (TPSA) is 67.4 Å². The van der Waals surface area contributed by atoms with Crippen LogP contribution in [-0.2, 0) is 4.79 Å². The molecule has 0 saturated heterocycles. The maximum atomic E-state index is 11.5. The molecule has 19 heavy (non-hydrogen) atoms. The first-order valence-electron chi connectivity index (χ1n) is 5.69. The number of carbonyl (C=O) groups is 2. The van der Waals surface area contributed by atoms with Crippen molar-refractivity contribution in [2.24, 2.45) is 0 Å². The number of rotatable bonds is 5. The molecule has 0 aliphatic rings. The summed E-state index contributed by atoms with van der Waals surface area (Å²) in [6.45, 7) is 2.21. The van der Waals surface area contributed by atoms with Gasteiger partial charge in [0.2, 0.25) is 0 Å². The van der Waals surface area contributed by atoms with Crippen molar-refractivity contribution in [2.75, 3.05) is 13.2 Å². The fourth-order valence-electron chi connectivity index (χ4n) is 1.20. The van der Waals surface area contributed by atoms with Crippen molar-refractivity contribution < 1.29 is 14.3 Å². The highest BCUT2D eigenvalue weighted by Gasteiger charge is 2.11. The Hall–Kier alpha value is -1.08. The molecule has 0 aliphatic carbocycles. The maximum Gasteiger partial charge on any atom is 0.321 e. The summed E-state index contributed by atoms with van der Waals surface area (Å²) < 4.78 is 6.80. The third-order valence-electron chi connectivity index (χ3n) is 2.06. The number of amides is 3. The lowest BCUT2D eigenvalue weighted by Gasteiger charge is -2.10. The van der Waals surface area contributed by atoms with Crippen molar-refractivity contribution in [3.63, 3.8) is 0 Å². The van der Waals surface area contributed by atoms with Gasteiger partial charge in [0.15, 0.2) is 6.61 Å². The Morgan fingerprint density at radius 1 is 1.26 bits per heavy atom. The zero-order valence-electron chi connectivity index (χ0n) is 10.3. The highest BCUT2D eigenvalue weighted by molar-refractivity contribution is 9.11. The lowest BCUT2D eigenvalue weighted by atomic mass is 10.3. The second-order valence-corrected chi connectivity index (χ2v) is 5.35. The first-order valence-corrected chi connectivity index (χ1v) is 7.27. The molecule has 0 atom stereocenters. The molecule has 0 fully saturated rings. The number of hydrogen-bond donors (Lipinski definition) is 2. The number of urea groups is 1. The van der Waals surface area contributed by atoms with Crippen LogP contribution in [-0.4, -0.2) is 25.1 Å². The molecule has 5 nitrogen and oxygen atoms in total. The third-order valence-corrected chi connectivity index (χ3v) is 3.30. The monoisotopic (exact) mass is 392 g/mol. The second-order valence-electron chi connectivity index (χ2n) is 3.64. The molecule has 0 aromatic heterocycles. The zero-order valence-corrected chi connectivity index (χ0v) is 13.5. The largest absolute Gasteiger partial charge is 0.481 e. The Balaban J connectivity index is 2.44. The Bertz CT molecular complexity index is 446. The van der Waals surface area contributed by atoms with Gasteiger partial charge < -0.3 is 10.1 Å². The van der Waals surface area contributed by atoms with Crippen LogP contribution in [0, 0.1) is 0 Å². The average Bonchev–Trinajstić information content (AvgIpc) is 2.35. The fourth-order valence-corrected chi connectivity index (χ4v) is 2.43. The highest BCUT2D eigenvalue weighted by atomic mass is 79.9. The van der Waals surface area contributed by atoms with Crippen molar-refractivity contribution in [1.82, 2.24) is 10.6 Å². The van der Waals surface area contributed by atoms with Crippen molar-refractivity contribution in [2.45, 2.75) is 13.3 Å². The Morgan fingerprint density at radius 2 is 1.89 bits per heavy atom. The summed E-state index contributed by atoms with van der Waals surface area (Å²) in [5.74, 6) is 0.0165. The van der Waals surface area contributed by atoms with Gasteiger partial charge in [-0.2, -0.15) is 0 Å². The zero-order chi connectivity index (χ0) is 14.3. The van der Waals surface area contributed by atoms with Crippen LogP contribution in [0.15, 0.2) is 27.1 Å². The van der Waals surface area contributed by atoms with E-state index in [1.807, 2.05) is 13.0 Å². The van der Waals surface area contributed by atoms with E-state index in [-0.39, 0.29) is 6.61 Å². The predicted octanol–water partition coefficient (Wildman–Crippen LogP) is 2.83. The van der Waals surface area contributed by atoms with Gasteiger partial charge in [0, 0.05) is 6.54 Å². The number of imide groups is 1. The fraction of sp³-hybridized carbons (Fsp3) is 0.333. The Labute approximate surface area is 128 Å². The minimum Gasteiger partial charge on any atom is -0.481 e. The maximum absolute atomic E-state index is 11.5. The van der Waals surface area contributed by atoms with Gasteiger partial charge in [0.1, 0.15) is 5.75 Å². The van der Waals surface area contributed by atoms with E-state index in [1.54, 1.807) is 12.1 Å². The van der Waals surface area contributed by atoms with E-state index in [0.717, 1.165) is 15.4 Å². The van der Waals surface area contributed by atoms with Crippen LogP contribution >= 0.6 is 31.9 Å². The molecule has 3 amide bonds. The number of benzene rings is 1. The quantitative estimate of drug-likeness (QED) is 0.808. The summed E-state index contributed by atoms with van der Waals surface area (Å²) >= 11 is 6.63. The smallest absolute Gasteiger partial charge is 0.321 e. The predicted molar refractivity (Wildman–Crippen MR) is 79.2 cm³/mol. The molecule has 1 rings (SSSR count). The summed E-state index contributed by atoms with van der Waals surface area (Å²) in [4.78, 5) is 22.7. The van der Waals surface area contributed by atoms with Crippen molar-refractivity contribution in [3.05, 3.63) is 27.1 Å². The molecule has 1 aromatic carbocycles. The molecule has 2 N–H and O–H groups in total. The molecule has 7 heteroatoms. The molecule has 104 valence electrons. The molecular weight excluding hydrogens is 380 g/mol. The van der Waals surface area contributed by atoms with Crippen LogP contribution in [0.5, 0.6) is 5.75 Å². The molecule has 0 bridgehead atoms. The van der Waals surface area contributed by atoms with E-state index in [0.29, 0.717) is 12.3 Å². The Kier molecular flexibility index (Phi) is 6.86.